The fourth-order valence-electron chi connectivity index (χ4n) is 2.55. The molecule has 0 radical (unpaired) electrons. The second-order valence-electron chi connectivity index (χ2n) is 5.36. The topological polar surface area (TPSA) is 55.1 Å². The first-order chi connectivity index (χ1) is 9.08. The Kier molecular flexibility index (Phi) is 4.53. The highest BCUT2D eigenvalue weighted by Crippen LogP contribution is 2.23. The molecule has 1 saturated carbocycles. The predicted molar refractivity (Wildman–Crippen MR) is 72.9 cm³/mol. The summed E-state index contributed by atoms with van der Waals surface area (Å²) in [5.41, 5.74) is 7.37. The minimum atomic E-state index is -0.235. The van der Waals surface area contributed by atoms with Crippen LogP contribution in [0.5, 0.6) is 0 Å². The first-order valence-electron chi connectivity index (χ1n) is 6.86. The lowest BCUT2D eigenvalue weighted by Gasteiger charge is -2.27. The van der Waals surface area contributed by atoms with Crippen LogP contribution in [0.2, 0.25) is 0 Å². The maximum Gasteiger partial charge on any atom is 0.224 e. The number of rotatable bonds is 3. The first-order valence-corrected chi connectivity index (χ1v) is 6.86. The van der Waals surface area contributed by atoms with Crippen LogP contribution >= 0.6 is 0 Å². The molecule has 3 nitrogen and oxygen atoms in total. The molecule has 1 aromatic rings. The van der Waals surface area contributed by atoms with Gasteiger partial charge in [0.15, 0.2) is 0 Å². The number of halogens is 1. The molecule has 2 unspecified atom stereocenters. The van der Waals surface area contributed by atoms with Crippen LogP contribution in [0.25, 0.3) is 0 Å². The maximum absolute atomic E-state index is 13.4. The first kappa shape index (κ1) is 14.0. The molecule has 0 heterocycles. The van der Waals surface area contributed by atoms with Gasteiger partial charge in [0.25, 0.3) is 0 Å². The van der Waals surface area contributed by atoms with Crippen molar-refractivity contribution in [3.05, 3.63) is 35.1 Å². The fraction of sp³-hybridized carbons (Fsp3) is 0.533. The Hall–Kier alpha value is -1.42. The Morgan fingerprint density at radius 2 is 2.16 bits per heavy atom. The molecule has 2 rings (SSSR count). The molecule has 3 N–H and O–H groups in total. The minimum absolute atomic E-state index is 0.00631. The van der Waals surface area contributed by atoms with Gasteiger partial charge in [-0.05, 0) is 37.0 Å². The standard InChI is InChI=1S/C15H21FN2O/c1-10-6-7-11(8-13(10)16)9-18-15(19)12-4-2-3-5-14(12)17/h6-8,12,14H,2-5,9,17H2,1H3,(H,18,19). The third-order valence-electron chi connectivity index (χ3n) is 3.86. The largest absolute Gasteiger partial charge is 0.352 e. The van der Waals surface area contributed by atoms with E-state index >= 15 is 0 Å². The summed E-state index contributed by atoms with van der Waals surface area (Å²) >= 11 is 0. The Labute approximate surface area is 113 Å². The van der Waals surface area contributed by atoms with Gasteiger partial charge in [-0.1, -0.05) is 25.0 Å². The van der Waals surface area contributed by atoms with Crippen LogP contribution in [0.1, 0.15) is 36.8 Å². The molecule has 104 valence electrons. The van der Waals surface area contributed by atoms with E-state index in [1.165, 1.54) is 6.07 Å². The van der Waals surface area contributed by atoms with Crippen LogP contribution in [0.4, 0.5) is 4.39 Å². The Balaban J connectivity index is 1.90. The van der Waals surface area contributed by atoms with Crippen molar-refractivity contribution in [1.29, 1.82) is 0 Å². The summed E-state index contributed by atoms with van der Waals surface area (Å²) in [6.07, 6.45) is 3.94. The van der Waals surface area contributed by atoms with Crippen LogP contribution in [-0.4, -0.2) is 11.9 Å². The molecule has 0 aromatic heterocycles. The van der Waals surface area contributed by atoms with E-state index in [2.05, 4.69) is 5.32 Å². The van der Waals surface area contributed by atoms with Crippen molar-refractivity contribution in [2.24, 2.45) is 11.7 Å². The Morgan fingerprint density at radius 3 is 2.84 bits per heavy atom. The van der Waals surface area contributed by atoms with E-state index in [9.17, 15) is 9.18 Å². The van der Waals surface area contributed by atoms with Crippen molar-refractivity contribution in [3.63, 3.8) is 0 Å². The Morgan fingerprint density at radius 1 is 1.42 bits per heavy atom. The van der Waals surface area contributed by atoms with Gasteiger partial charge in [0.05, 0.1) is 5.92 Å². The lowest BCUT2D eigenvalue weighted by atomic mass is 9.84. The van der Waals surface area contributed by atoms with Gasteiger partial charge in [-0.3, -0.25) is 4.79 Å². The van der Waals surface area contributed by atoms with Gasteiger partial charge in [-0.2, -0.15) is 0 Å². The van der Waals surface area contributed by atoms with Crippen LogP contribution < -0.4 is 11.1 Å². The molecule has 0 aliphatic heterocycles. The molecule has 2 atom stereocenters. The molecule has 1 fully saturated rings. The summed E-state index contributed by atoms with van der Waals surface area (Å²) in [6.45, 7) is 2.08. The zero-order valence-electron chi connectivity index (χ0n) is 11.3. The highest BCUT2D eigenvalue weighted by Gasteiger charge is 2.27. The van der Waals surface area contributed by atoms with Crippen molar-refractivity contribution in [3.8, 4) is 0 Å². The number of benzene rings is 1. The zero-order valence-corrected chi connectivity index (χ0v) is 11.3. The summed E-state index contributed by atoms with van der Waals surface area (Å²) in [6, 6.07) is 4.99. The zero-order chi connectivity index (χ0) is 13.8. The van der Waals surface area contributed by atoms with E-state index in [1.807, 2.05) is 6.07 Å². The number of amides is 1. The number of hydrogen-bond donors (Lipinski definition) is 2. The predicted octanol–water partition coefficient (Wildman–Crippen LogP) is 2.27. The number of carbonyl (C=O) groups excluding carboxylic acids is 1. The van der Waals surface area contributed by atoms with Gasteiger partial charge in [0.1, 0.15) is 5.82 Å². The summed E-state index contributed by atoms with van der Waals surface area (Å²) in [4.78, 5) is 12.0. The van der Waals surface area contributed by atoms with E-state index in [-0.39, 0.29) is 23.7 Å². The fourth-order valence-corrected chi connectivity index (χ4v) is 2.55. The molecule has 4 heteroatoms. The van der Waals surface area contributed by atoms with Gasteiger partial charge in [-0.25, -0.2) is 4.39 Å². The third kappa shape index (κ3) is 3.53. The summed E-state index contributed by atoms with van der Waals surface area (Å²) in [5, 5.41) is 2.86. The molecule has 0 saturated heterocycles. The summed E-state index contributed by atoms with van der Waals surface area (Å²) < 4.78 is 13.4. The number of hydrogen-bond acceptors (Lipinski definition) is 2. The van der Waals surface area contributed by atoms with E-state index in [4.69, 9.17) is 5.73 Å². The molecule has 0 bridgehead atoms. The lowest BCUT2D eigenvalue weighted by molar-refractivity contribution is -0.126. The summed E-state index contributed by atoms with van der Waals surface area (Å²) in [5.74, 6) is -0.335. The summed E-state index contributed by atoms with van der Waals surface area (Å²) in [7, 11) is 0. The molecule has 1 aliphatic rings. The van der Waals surface area contributed by atoms with Crippen molar-refractivity contribution in [2.45, 2.75) is 45.2 Å². The number of aryl methyl sites for hydroxylation is 1. The number of carbonyl (C=O) groups is 1. The van der Waals surface area contributed by atoms with Gasteiger partial charge < -0.3 is 11.1 Å². The Bertz CT molecular complexity index is 461. The molecular weight excluding hydrogens is 243 g/mol. The van der Waals surface area contributed by atoms with E-state index in [1.54, 1.807) is 13.0 Å². The smallest absolute Gasteiger partial charge is 0.224 e. The van der Waals surface area contributed by atoms with Gasteiger partial charge >= 0.3 is 0 Å². The average molecular weight is 264 g/mol. The molecule has 1 amide bonds. The van der Waals surface area contributed by atoms with Gasteiger partial charge in [-0.15, -0.1) is 0 Å². The van der Waals surface area contributed by atoms with Gasteiger partial charge in [0.2, 0.25) is 5.91 Å². The molecule has 19 heavy (non-hydrogen) atoms. The second kappa shape index (κ2) is 6.15. The monoisotopic (exact) mass is 264 g/mol. The van der Waals surface area contributed by atoms with Crippen molar-refractivity contribution >= 4 is 5.91 Å². The van der Waals surface area contributed by atoms with Crippen molar-refractivity contribution < 1.29 is 9.18 Å². The van der Waals surface area contributed by atoms with E-state index < -0.39 is 0 Å². The second-order valence-corrected chi connectivity index (χ2v) is 5.36. The van der Waals surface area contributed by atoms with Crippen molar-refractivity contribution in [2.75, 3.05) is 0 Å². The average Bonchev–Trinajstić information content (AvgIpc) is 2.40. The van der Waals surface area contributed by atoms with E-state index in [0.717, 1.165) is 31.2 Å². The highest BCUT2D eigenvalue weighted by atomic mass is 19.1. The van der Waals surface area contributed by atoms with Crippen LogP contribution in [0.15, 0.2) is 18.2 Å². The van der Waals surface area contributed by atoms with Crippen LogP contribution in [0.3, 0.4) is 0 Å². The third-order valence-corrected chi connectivity index (χ3v) is 3.86. The number of nitrogens with two attached hydrogens (primary N) is 1. The molecule has 0 spiro atoms. The molecular formula is C15H21FN2O. The SMILES string of the molecule is Cc1ccc(CNC(=O)C2CCCCC2N)cc1F. The number of nitrogens with one attached hydrogen (secondary N) is 1. The maximum atomic E-state index is 13.4. The van der Waals surface area contributed by atoms with Crippen LogP contribution in [-0.2, 0) is 11.3 Å². The minimum Gasteiger partial charge on any atom is -0.352 e. The molecule has 1 aromatic carbocycles. The van der Waals surface area contributed by atoms with Crippen LogP contribution in [0, 0.1) is 18.7 Å². The van der Waals surface area contributed by atoms with Crippen molar-refractivity contribution in [1.82, 2.24) is 5.32 Å². The van der Waals surface area contributed by atoms with E-state index in [0.29, 0.717) is 12.1 Å². The normalized spacial score (nSPS) is 23.1. The quantitative estimate of drug-likeness (QED) is 0.880. The van der Waals surface area contributed by atoms with Gasteiger partial charge in [0, 0.05) is 12.6 Å². The highest BCUT2D eigenvalue weighted by molar-refractivity contribution is 5.79. The lowest BCUT2D eigenvalue weighted by Crippen LogP contribution is -2.43. The molecule has 1 aliphatic carbocycles.